The molecule has 1 saturated carbocycles. The Morgan fingerprint density at radius 2 is 1.40 bits per heavy atom. The molecule has 5 heteroatoms. The van der Waals surface area contributed by atoms with Gasteiger partial charge in [0.15, 0.2) is 0 Å². The Kier molecular flexibility index (Phi) is 5.03. The van der Waals surface area contributed by atoms with Gasteiger partial charge in [-0.3, -0.25) is 4.90 Å². The van der Waals surface area contributed by atoms with Crippen molar-refractivity contribution in [2.75, 3.05) is 9.80 Å². The lowest BCUT2D eigenvalue weighted by Gasteiger charge is -2.46. The molecule has 0 atom stereocenters. The minimum absolute atomic E-state index is 0.0980. The maximum absolute atomic E-state index is 7.17. The van der Waals surface area contributed by atoms with Gasteiger partial charge in [0.2, 0.25) is 5.88 Å². The van der Waals surface area contributed by atoms with Gasteiger partial charge in [-0.05, 0) is 66.2 Å². The molecule has 3 nitrogen and oxygen atoms in total. The van der Waals surface area contributed by atoms with Crippen LogP contribution in [0.4, 0.5) is 28.6 Å². The van der Waals surface area contributed by atoms with Crippen LogP contribution in [0.1, 0.15) is 32.1 Å². The summed E-state index contributed by atoms with van der Waals surface area (Å²) in [5, 5.41) is 3.73. The topological polar surface area (TPSA) is 19.6 Å². The molecular weight excluding hydrogens is 543 g/mol. The first kappa shape index (κ1) is 24.0. The van der Waals surface area contributed by atoms with Gasteiger partial charge in [-0.25, -0.2) is 0 Å². The molecule has 0 spiro atoms. The summed E-state index contributed by atoms with van der Waals surface area (Å²) in [4.78, 5) is 5.09. The fraction of sp³-hybridized carbons (Fsp3) is 0.158. The van der Waals surface area contributed by atoms with Crippen molar-refractivity contribution in [2.45, 2.75) is 38.1 Å². The van der Waals surface area contributed by atoms with Crippen LogP contribution in [0, 0.1) is 0 Å². The molecule has 0 bridgehead atoms. The molecule has 2 aliphatic heterocycles. The normalized spacial score (nSPS) is 16.1. The number of hydrogen-bond acceptors (Lipinski definition) is 4. The molecule has 206 valence electrons. The number of anilines is 5. The van der Waals surface area contributed by atoms with Crippen LogP contribution in [0.2, 0.25) is 0 Å². The third-order valence-corrected chi connectivity index (χ3v) is 11.2. The van der Waals surface area contributed by atoms with Crippen LogP contribution in [-0.2, 0) is 0 Å². The highest BCUT2D eigenvalue weighted by Crippen LogP contribution is 2.47. The van der Waals surface area contributed by atoms with E-state index in [0.29, 0.717) is 6.04 Å². The second-order valence-corrected chi connectivity index (χ2v) is 13.4. The fourth-order valence-corrected chi connectivity index (χ4v) is 9.37. The molecule has 5 aromatic carbocycles. The van der Waals surface area contributed by atoms with Crippen molar-refractivity contribution in [3.63, 3.8) is 0 Å². The van der Waals surface area contributed by atoms with Crippen molar-refractivity contribution in [2.24, 2.45) is 0 Å². The summed E-state index contributed by atoms with van der Waals surface area (Å²) in [6.45, 7) is 0.0980. The number of fused-ring (bicyclic) bond motifs is 10. The lowest BCUT2D eigenvalue weighted by atomic mass is 9.33. The van der Waals surface area contributed by atoms with Crippen molar-refractivity contribution in [1.29, 1.82) is 0 Å². The number of hydrogen-bond donors (Lipinski definition) is 0. The van der Waals surface area contributed by atoms with Crippen LogP contribution in [0.3, 0.4) is 0 Å². The van der Waals surface area contributed by atoms with Crippen LogP contribution in [0.5, 0.6) is 0 Å². The minimum Gasteiger partial charge on any atom is -0.440 e. The Morgan fingerprint density at radius 1 is 0.628 bits per heavy atom. The van der Waals surface area contributed by atoms with E-state index < -0.39 is 0 Å². The Balaban J connectivity index is 1.33. The molecule has 0 unspecified atom stereocenters. The van der Waals surface area contributed by atoms with E-state index in [1.54, 1.807) is 0 Å². The van der Waals surface area contributed by atoms with Crippen molar-refractivity contribution in [3.05, 3.63) is 109 Å². The van der Waals surface area contributed by atoms with Crippen LogP contribution >= 0.6 is 11.3 Å². The van der Waals surface area contributed by atoms with Gasteiger partial charge in [0.05, 0.1) is 0 Å². The molecule has 0 N–H and O–H groups in total. The molecular formula is C38H29BN2OS. The summed E-state index contributed by atoms with van der Waals surface area (Å²) in [5.41, 5.74) is 10.2. The predicted molar refractivity (Wildman–Crippen MR) is 184 cm³/mol. The zero-order chi connectivity index (χ0) is 28.1. The highest BCUT2D eigenvalue weighted by Gasteiger charge is 2.46. The molecule has 1 aliphatic carbocycles. The molecule has 0 radical (unpaired) electrons. The largest absolute Gasteiger partial charge is 0.440 e. The van der Waals surface area contributed by atoms with E-state index in [4.69, 9.17) is 4.42 Å². The summed E-state index contributed by atoms with van der Waals surface area (Å²) >= 11 is 1.85. The average molecular weight is 573 g/mol. The summed E-state index contributed by atoms with van der Waals surface area (Å²) in [6, 6.07) is 40.8. The predicted octanol–water partition coefficient (Wildman–Crippen LogP) is 8.88. The van der Waals surface area contributed by atoms with Crippen LogP contribution < -0.4 is 26.2 Å². The number of furan rings is 1. The van der Waals surface area contributed by atoms with Crippen molar-refractivity contribution in [3.8, 4) is 0 Å². The highest BCUT2D eigenvalue weighted by molar-refractivity contribution is 7.26. The first-order chi connectivity index (χ1) is 21.4. The number of nitrogens with zero attached hydrogens (tertiary/aromatic N) is 2. The Hall–Kier alpha value is -4.48. The Bertz CT molecular complexity index is 2210. The third-order valence-electron chi connectivity index (χ3n) is 10.0. The van der Waals surface area contributed by atoms with Gasteiger partial charge in [0.1, 0.15) is 5.58 Å². The van der Waals surface area contributed by atoms with E-state index >= 15 is 0 Å². The molecule has 1 fully saturated rings. The highest BCUT2D eigenvalue weighted by atomic mass is 32.1. The van der Waals surface area contributed by atoms with Crippen molar-refractivity contribution < 1.29 is 4.42 Å². The average Bonchev–Trinajstić information content (AvgIpc) is 3.64. The first-order valence-corrected chi connectivity index (χ1v) is 16.4. The molecule has 0 amide bonds. The van der Waals surface area contributed by atoms with Crippen molar-refractivity contribution in [1.82, 2.24) is 0 Å². The van der Waals surface area contributed by atoms with Crippen molar-refractivity contribution >= 4 is 94.2 Å². The second kappa shape index (κ2) is 9.01. The molecule has 7 aromatic rings. The van der Waals surface area contributed by atoms with Crippen LogP contribution in [-0.4, -0.2) is 12.8 Å². The number of rotatable bonds is 2. The zero-order valence-electron chi connectivity index (χ0n) is 23.8. The maximum Gasteiger partial charge on any atom is 0.257 e. The van der Waals surface area contributed by atoms with E-state index in [1.807, 2.05) is 11.3 Å². The second-order valence-electron chi connectivity index (χ2n) is 12.3. The van der Waals surface area contributed by atoms with Gasteiger partial charge in [-0.2, -0.15) is 0 Å². The quantitative estimate of drug-likeness (QED) is 0.193. The van der Waals surface area contributed by atoms with Gasteiger partial charge in [-0.1, -0.05) is 86.0 Å². The van der Waals surface area contributed by atoms with Gasteiger partial charge in [0.25, 0.3) is 6.71 Å². The van der Waals surface area contributed by atoms with E-state index in [2.05, 4.69) is 119 Å². The van der Waals surface area contributed by atoms with Gasteiger partial charge < -0.3 is 9.32 Å². The zero-order valence-corrected chi connectivity index (χ0v) is 24.6. The van der Waals surface area contributed by atoms with Crippen LogP contribution in [0.25, 0.3) is 31.1 Å². The summed E-state index contributed by atoms with van der Waals surface area (Å²) in [6.07, 6.45) is 6.44. The van der Waals surface area contributed by atoms with E-state index in [1.165, 1.54) is 91.1 Å². The fourth-order valence-electron chi connectivity index (χ4n) is 8.27. The Labute approximate surface area is 255 Å². The maximum atomic E-state index is 7.17. The SMILES string of the molecule is c1ccc(N2c3cccc4c3B(c3ccccc3N4C3CCCCC3)c3c2oc2c3ccc3sc4ccccc4c32)cc1. The first-order valence-electron chi connectivity index (χ1n) is 15.6. The lowest BCUT2D eigenvalue weighted by molar-refractivity contribution is 0.436. The number of thiophene rings is 1. The monoisotopic (exact) mass is 572 g/mol. The third kappa shape index (κ3) is 3.26. The molecule has 3 aliphatic rings. The molecule has 2 aromatic heterocycles. The molecule has 0 saturated heterocycles. The van der Waals surface area contributed by atoms with Gasteiger partial charge >= 0.3 is 0 Å². The van der Waals surface area contributed by atoms with Crippen LogP contribution in [0.15, 0.2) is 114 Å². The summed E-state index contributed by atoms with van der Waals surface area (Å²) < 4.78 is 9.74. The Morgan fingerprint density at radius 3 is 2.30 bits per heavy atom. The van der Waals surface area contributed by atoms with Gasteiger partial charge in [0, 0.05) is 59.8 Å². The molecule has 10 rings (SSSR count). The summed E-state index contributed by atoms with van der Waals surface area (Å²) in [7, 11) is 0. The number of benzene rings is 5. The van der Waals surface area contributed by atoms with E-state index in [0.717, 1.165) is 17.2 Å². The van der Waals surface area contributed by atoms with E-state index in [-0.39, 0.29) is 6.71 Å². The molecule has 43 heavy (non-hydrogen) atoms. The molecule has 4 heterocycles. The van der Waals surface area contributed by atoms with E-state index in [9.17, 15) is 0 Å². The summed E-state index contributed by atoms with van der Waals surface area (Å²) in [5.74, 6) is 0.944. The lowest BCUT2D eigenvalue weighted by Crippen LogP contribution is -2.62. The standard InChI is InChI=1S/C38H29BN2OS/c1-3-12-24(13-4-1)40-29-18-9-8-17-28(29)39-35-27-22-23-33-34(26-16-7-10-21-32(26)43-33)37(27)42-38(35)41(25-14-5-2-6-15-25)31-20-11-19-30(40)36(31)39/h2,5-11,14-24H,1,3-4,12-13H2. The minimum atomic E-state index is 0.0980. The van der Waals surface area contributed by atoms with Gasteiger partial charge in [-0.15, -0.1) is 11.3 Å². The number of para-hydroxylation sites is 2. The smallest absolute Gasteiger partial charge is 0.257 e.